The molecule has 0 spiro atoms. The van der Waals surface area contributed by atoms with Crippen LogP contribution in [0, 0.1) is 41.3 Å². The summed E-state index contributed by atoms with van der Waals surface area (Å²) in [4.78, 5) is 145. The molecule has 27 nitrogen and oxygen atoms in total. The summed E-state index contributed by atoms with van der Waals surface area (Å²) in [5.41, 5.74) is 4.99. The summed E-state index contributed by atoms with van der Waals surface area (Å²) >= 11 is 0. The maximum Gasteiger partial charge on any atom is 0.323 e. The summed E-state index contributed by atoms with van der Waals surface area (Å²) in [6, 6.07) is 32.5. The number of rotatable bonds is 11. The van der Waals surface area contributed by atoms with Gasteiger partial charge in [0.05, 0.1) is 46.5 Å². The highest BCUT2D eigenvalue weighted by molar-refractivity contribution is 6.12. The van der Waals surface area contributed by atoms with Crippen LogP contribution in [0.4, 0.5) is 23.6 Å². The normalized spacial score (nSPS) is 21.3. The van der Waals surface area contributed by atoms with Crippen molar-refractivity contribution in [2.24, 2.45) is 5.73 Å². The van der Waals surface area contributed by atoms with Gasteiger partial charge in [0.1, 0.15) is 23.1 Å². The standard InChI is InChI=1S/C25H22N6O6.C24H18N4O4.C21H16FN3O4/c1-37-17-7-4-15-11-31(19(32)18(15)10-17)13-24(20(33)27-22(35)29-24)9-8-14-2-5-16(6-3-14)25(12-26)21(34)28-23(36)30-25;1-32-18-6-5-17-13-28(21(29)20(17)11-18)14-24(22(30)26-23(31)27-24)9-7-15-3-2-4-16-12-25-10-8-19(15)16;1-29-15-7-6-14-11-25(18(26)16(14)10-15)12-21(19(27)23-20(28)24-21)9-8-13-4-2-3-5-17(13)22/h2-7,10H,11-13,26H2,1H3,(H2,27,29,33,35)(H2,28,30,34,36);2-6,8,10-12H,13-14H2,1H3,(H2,26,27,30,31);2-7,10H,11-12H2,1H3,(H2,23,24,27,28)/t24-,25?;24-;21-/m111/s1. The summed E-state index contributed by atoms with van der Waals surface area (Å²) in [6.07, 6.45) is 3.40. The minimum absolute atomic E-state index is 0.0836. The van der Waals surface area contributed by atoms with E-state index in [1.165, 1.54) is 54.2 Å². The lowest BCUT2D eigenvalue weighted by atomic mass is 9.89. The topological polar surface area (TPSA) is 360 Å². The highest BCUT2D eigenvalue weighted by Gasteiger charge is 2.52. The Morgan fingerprint density at radius 2 is 0.898 bits per heavy atom. The highest BCUT2D eigenvalue weighted by Crippen LogP contribution is 2.33. The summed E-state index contributed by atoms with van der Waals surface area (Å²) in [5.74, 6) is 14.7. The SMILES string of the molecule is COc1ccc2c(c1)C(=O)N(C[C@@]1(C#Cc3ccc(C4(CN)NC(=O)NC4=O)cc3)NC(=O)NC1=O)C2.COc1ccc2c(c1)C(=O)N(C[C@@]1(C#Cc3cccc4cnccc34)NC(=O)NC1=O)C2.COc1ccc2c(c1)C(=O)N(C[C@@]1(C#Cc3ccccc3F)NC(=O)NC1=O)C2. The lowest BCUT2D eigenvalue weighted by Crippen LogP contribution is -2.54. The maximum atomic E-state index is 13.9. The highest BCUT2D eigenvalue weighted by atomic mass is 19.1. The van der Waals surface area contributed by atoms with E-state index in [1.807, 2.05) is 30.3 Å². The van der Waals surface area contributed by atoms with Gasteiger partial charge in [-0.1, -0.05) is 90.1 Å². The van der Waals surface area contributed by atoms with Crippen molar-refractivity contribution in [1.29, 1.82) is 0 Å². The summed E-state index contributed by atoms with van der Waals surface area (Å²) in [5, 5.41) is 20.8. The number of imide groups is 4. The molecule has 0 saturated carbocycles. The van der Waals surface area contributed by atoms with Gasteiger partial charge in [-0.05, 0) is 95.1 Å². The van der Waals surface area contributed by atoms with E-state index < -0.39 is 75.7 Å². The predicted molar refractivity (Wildman–Crippen MR) is 344 cm³/mol. The molecule has 492 valence electrons. The molecule has 7 aliphatic rings. The van der Waals surface area contributed by atoms with Gasteiger partial charge in [0.25, 0.3) is 41.4 Å². The molecule has 8 heterocycles. The number of hydrogen-bond acceptors (Lipinski definition) is 16. The number of halogens is 1. The van der Waals surface area contributed by atoms with Crippen molar-refractivity contribution in [1.82, 2.24) is 62.2 Å². The third kappa shape index (κ3) is 12.4. The second-order valence-corrected chi connectivity index (χ2v) is 23.2. The van der Waals surface area contributed by atoms with E-state index >= 15 is 0 Å². The van der Waals surface area contributed by atoms with Crippen LogP contribution in [0.2, 0.25) is 0 Å². The van der Waals surface area contributed by atoms with Crippen LogP contribution in [-0.4, -0.2) is 149 Å². The van der Waals surface area contributed by atoms with Crippen LogP contribution in [0.25, 0.3) is 10.8 Å². The number of carbonyl (C=O) groups excluding carboxylic acids is 11. The molecule has 0 radical (unpaired) electrons. The third-order valence-corrected chi connectivity index (χ3v) is 17.1. The lowest BCUT2D eigenvalue weighted by Gasteiger charge is -2.26. The first-order valence-corrected chi connectivity index (χ1v) is 30.0. The van der Waals surface area contributed by atoms with Crippen LogP contribution < -0.4 is 62.5 Å². The first-order chi connectivity index (χ1) is 47.1. The fourth-order valence-corrected chi connectivity index (χ4v) is 12.0. The monoisotopic (exact) mass is 1320 g/mol. The molecule has 98 heavy (non-hydrogen) atoms. The van der Waals surface area contributed by atoms with Crippen molar-refractivity contribution in [3.05, 3.63) is 201 Å². The van der Waals surface area contributed by atoms with Gasteiger partial charge >= 0.3 is 24.1 Å². The van der Waals surface area contributed by atoms with Crippen LogP contribution in [-0.2, 0) is 44.4 Å². The minimum Gasteiger partial charge on any atom is -0.497 e. The summed E-state index contributed by atoms with van der Waals surface area (Å²) in [7, 11) is 4.54. The average Bonchev–Trinajstić information content (AvgIpc) is 1.61. The number of aromatic nitrogens is 1. The van der Waals surface area contributed by atoms with Crippen molar-refractivity contribution in [2.75, 3.05) is 47.5 Å². The van der Waals surface area contributed by atoms with Gasteiger partial charge < -0.3 is 55.9 Å². The van der Waals surface area contributed by atoms with Crippen LogP contribution in [0.3, 0.4) is 0 Å². The lowest BCUT2D eigenvalue weighted by molar-refractivity contribution is -0.124. The Labute approximate surface area is 556 Å². The quantitative estimate of drug-likeness (QED) is 0.0664. The molecular formula is C70H56FN13O14. The fraction of sp³-hybridized carbons (Fsp3) is 0.200. The van der Waals surface area contributed by atoms with Crippen LogP contribution in [0.1, 0.15) is 70.0 Å². The number of urea groups is 4. The number of pyridine rings is 1. The van der Waals surface area contributed by atoms with Gasteiger partial charge in [-0.25, -0.2) is 23.6 Å². The van der Waals surface area contributed by atoms with E-state index in [4.69, 9.17) is 19.9 Å². The number of ether oxygens (including phenoxy) is 3. The zero-order valence-electron chi connectivity index (χ0n) is 52.2. The average molecular weight is 1320 g/mol. The van der Waals surface area contributed by atoms with E-state index in [0.29, 0.717) is 57.2 Å². The van der Waals surface area contributed by atoms with E-state index in [2.05, 4.69) is 83.0 Å². The molecule has 15 amide bonds. The van der Waals surface area contributed by atoms with Gasteiger partial charge in [0.2, 0.25) is 16.6 Å². The van der Waals surface area contributed by atoms with Gasteiger partial charge in [0.15, 0.2) is 5.54 Å². The van der Waals surface area contributed by atoms with Crippen LogP contribution >= 0.6 is 0 Å². The van der Waals surface area contributed by atoms with Crippen molar-refractivity contribution < 1.29 is 71.3 Å². The molecule has 0 aliphatic carbocycles. The fourth-order valence-electron chi connectivity index (χ4n) is 12.0. The maximum absolute atomic E-state index is 13.9. The Bertz CT molecular complexity index is 4830. The van der Waals surface area contributed by atoms with Crippen molar-refractivity contribution in [3.8, 4) is 52.8 Å². The van der Waals surface area contributed by atoms with Crippen molar-refractivity contribution >= 4 is 76.2 Å². The molecular weight excluding hydrogens is 1270 g/mol. The molecule has 4 fully saturated rings. The number of amides is 15. The number of nitrogens with one attached hydrogen (secondary N) is 8. The molecule has 1 unspecified atom stereocenters. The first kappa shape index (κ1) is 65.0. The van der Waals surface area contributed by atoms with E-state index in [9.17, 15) is 57.1 Å². The van der Waals surface area contributed by atoms with Gasteiger partial charge in [-0.2, -0.15) is 0 Å². The van der Waals surface area contributed by atoms with Gasteiger partial charge in [-0.3, -0.25) is 59.8 Å². The van der Waals surface area contributed by atoms with Gasteiger partial charge in [0, 0.05) is 77.2 Å². The van der Waals surface area contributed by atoms with E-state index in [-0.39, 0.29) is 62.6 Å². The molecule has 6 aromatic carbocycles. The molecule has 4 saturated heterocycles. The zero-order chi connectivity index (χ0) is 69.3. The molecule has 7 aliphatic heterocycles. The third-order valence-electron chi connectivity index (χ3n) is 17.1. The van der Waals surface area contributed by atoms with Crippen LogP contribution in [0.5, 0.6) is 17.2 Å². The number of fused-ring (bicyclic) bond motifs is 4. The van der Waals surface area contributed by atoms with E-state index in [1.54, 1.807) is 91.3 Å². The zero-order valence-corrected chi connectivity index (χ0v) is 52.2. The molecule has 1 aromatic heterocycles. The Hall–Kier alpha value is -13.1. The number of nitrogens with zero attached hydrogens (tertiary/aromatic N) is 4. The minimum atomic E-state index is -1.68. The Kier molecular flexibility index (Phi) is 17.2. The largest absolute Gasteiger partial charge is 0.497 e. The molecule has 10 N–H and O–H groups in total. The first-order valence-electron chi connectivity index (χ1n) is 30.0. The molecule has 7 aromatic rings. The summed E-state index contributed by atoms with van der Waals surface area (Å²) in [6.45, 7) is 0.224. The molecule has 14 rings (SSSR count). The predicted octanol–water partition coefficient (Wildman–Crippen LogP) is 2.52. The number of carbonyl (C=O) groups is 11. The van der Waals surface area contributed by atoms with Crippen molar-refractivity contribution in [3.63, 3.8) is 0 Å². The number of hydrogen-bond donors (Lipinski definition) is 9. The van der Waals surface area contributed by atoms with Crippen LogP contribution in [0.15, 0.2) is 140 Å². The van der Waals surface area contributed by atoms with E-state index in [0.717, 1.165) is 27.5 Å². The van der Waals surface area contributed by atoms with Gasteiger partial charge in [-0.15, -0.1) is 0 Å². The molecule has 4 atom stereocenters. The Morgan fingerprint density at radius 1 is 0.480 bits per heavy atom. The smallest absolute Gasteiger partial charge is 0.323 e. The molecule has 0 bridgehead atoms. The summed E-state index contributed by atoms with van der Waals surface area (Å²) < 4.78 is 29.5. The number of nitrogens with two attached hydrogens (primary N) is 1. The number of benzene rings is 6. The Morgan fingerprint density at radius 3 is 1.31 bits per heavy atom. The Balaban J connectivity index is 0.000000141. The second kappa shape index (κ2) is 26.0. The molecule has 28 heteroatoms. The second-order valence-electron chi connectivity index (χ2n) is 23.2. The van der Waals surface area contributed by atoms with Crippen molar-refractivity contribution in [2.45, 2.75) is 41.8 Å². The number of methoxy groups -OCH3 is 3.